The molecule has 34 heavy (non-hydrogen) atoms. The molecule has 2 atom stereocenters. The van der Waals surface area contributed by atoms with Crippen molar-refractivity contribution in [3.05, 3.63) is 65.9 Å². The first-order chi connectivity index (χ1) is 16.3. The number of aromatic nitrogens is 3. The van der Waals surface area contributed by atoms with Crippen LogP contribution >= 0.6 is 11.8 Å². The van der Waals surface area contributed by atoms with Gasteiger partial charge in [0.25, 0.3) is 0 Å². The molecule has 176 valence electrons. The van der Waals surface area contributed by atoms with Gasteiger partial charge in [0.2, 0.25) is 11.7 Å². The zero-order chi connectivity index (χ0) is 24.3. The molecular weight excluding hydrogens is 459 g/mol. The fraction of sp³-hybridized carbons (Fsp3) is 0.292. The normalized spacial score (nSPS) is 20.0. The molecule has 0 spiro atoms. The molecule has 1 fully saturated rings. The molecule has 1 aliphatic heterocycles. The number of hydrogen-bond acceptors (Lipinski definition) is 8. The number of halogens is 1. The Morgan fingerprint density at radius 1 is 1.21 bits per heavy atom. The van der Waals surface area contributed by atoms with Gasteiger partial charge in [-0.05, 0) is 56.4 Å². The molecule has 4 rings (SSSR count). The lowest BCUT2D eigenvalue weighted by atomic mass is 9.82. The molecule has 0 aliphatic carbocycles. The van der Waals surface area contributed by atoms with Crippen LogP contribution in [0.1, 0.15) is 40.5 Å². The molecule has 0 saturated carbocycles. The van der Waals surface area contributed by atoms with Gasteiger partial charge >= 0.3 is 5.97 Å². The van der Waals surface area contributed by atoms with E-state index in [0.717, 1.165) is 6.07 Å². The number of nitrogens with zero attached hydrogens (tertiary/aromatic N) is 3. The molecule has 0 radical (unpaired) electrons. The summed E-state index contributed by atoms with van der Waals surface area (Å²) >= 11 is 1.24. The SMILES string of the molecule is CSc1ccnc(O[C@]2(C(=O)c3cc(F)ccc3-c3ncccn3)CC[C@@H](C)NC2)c1C(=O)O. The largest absolute Gasteiger partial charge is 0.477 e. The van der Waals surface area contributed by atoms with Gasteiger partial charge in [0.05, 0.1) is 0 Å². The molecule has 1 aromatic carbocycles. The Kier molecular flexibility index (Phi) is 6.90. The number of hydrogen-bond donors (Lipinski definition) is 2. The summed E-state index contributed by atoms with van der Waals surface area (Å²) in [6.07, 6.45) is 7.13. The topological polar surface area (TPSA) is 114 Å². The predicted octanol–water partition coefficient (Wildman–Crippen LogP) is 3.87. The second-order valence-electron chi connectivity index (χ2n) is 8.01. The molecule has 0 amide bonds. The first-order valence-corrected chi connectivity index (χ1v) is 11.9. The van der Waals surface area contributed by atoms with Crippen molar-refractivity contribution in [2.75, 3.05) is 12.8 Å². The van der Waals surface area contributed by atoms with Gasteiger partial charge < -0.3 is 15.2 Å². The summed E-state index contributed by atoms with van der Waals surface area (Å²) in [5, 5.41) is 13.1. The average Bonchev–Trinajstić information content (AvgIpc) is 2.85. The van der Waals surface area contributed by atoms with Gasteiger partial charge in [-0.25, -0.2) is 24.1 Å². The minimum Gasteiger partial charge on any atom is -0.477 e. The van der Waals surface area contributed by atoms with Gasteiger partial charge in [-0.1, -0.05) is 0 Å². The number of pyridine rings is 1. The second kappa shape index (κ2) is 9.86. The summed E-state index contributed by atoms with van der Waals surface area (Å²) in [7, 11) is 0. The van der Waals surface area contributed by atoms with Crippen LogP contribution in [0.25, 0.3) is 11.4 Å². The van der Waals surface area contributed by atoms with E-state index in [1.165, 1.54) is 42.5 Å². The number of carboxylic acid groups (broad SMARTS) is 1. The van der Waals surface area contributed by atoms with Crippen LogP contribution in [0.3, 0.4) is 0 Å². The second-order valence-corrected chi connectivity index (χ2v) is 8.85. The van der Waals surface area contributed by atoms with Gasteiger partial charge in [-0.15, -0.1) is 11.8 Å². The zero-order valence-corrected chi connectivity index (χ0v) is 19.4. The van der Waals surface area contributed by atoms with E-state index in [4.69, 9.17) is 4.74 Å². The van der Waals surface area contributed by atoms with Crippen LogP contribution in [0.5, 0.6) is 5.88 Å². The number of carbonyl (C=O) groups is 2. The number of carboxylic acids is 1. The van der Waals surface area contributed by atoms with Crippen molar-refractivity contribution in [2.45, 2.75) is 36.3 Å². The number of ketones is 1. The molecule has 1 aliphatic rings. The summed E-state index contributed by atoms with van der Waals surface area (Å²) in [5.41, 5.74) is -1.21. The summed E-state index contributed by atoms with van der Waals surface area (Å²) in [5.74, 6) is -2.19. The van der Waals surface area contributed by atoms with Crippen molar-refractivity contribution >= 4 is 23.5 Å². The van der Waals surface area contributed by atoms with Crippen molar-refractivity contribution in [1.82, 2.24) is 20.3 Å². The van der Waals surface area contributed by atoms with Crippen LogP contribution in [0, 0.1) is 5.82 Å². The summed E-state index contributed by atoms with van der Waals surface area (Å²) in [6, 6.07) is 7.18. The third-order valence-corrected chi connectivity index (χ3v) is 6.55. The number of Topliss-reactive ketones (excluding diaryl/α,β-unsaturated/α-hetero) is 1. The third-order valence-electron chi connectivity index (χ3n) is 5.77. The Morgan fingerprint density at radius 3 is 2.62 bits per heavy atom. The highest BCUT2D eigenvalue weighted by Gasteiger charge is 2.46. The molecule has 8 nitrogen and oxygen atoms in total. The maximum Gasteiger partial charge on any atom is 0.342 e. The van der Waals surface area contributed by atoms with Gasteiger partial charge in [-0.2, -0.15) is 0 Å². The lowest BCUT2D eigenvalue weighted by Gasteiger charge is -2.39. The molecule has 3 aromatic rings. The van der Waals surface area contributed by atoms with E-state index in [0.29, 0.717) is 16.9 Å². The number of nitrogens with one attached hydrogen (secondary N) is 1. The Balaban J connectivity index is 1.84. The van der Waals surface area contributed by atoms with E-state index in [1.54, 1.807) is 18.4 Å². The van der Waals surface area contributed by atoms with Crippen LogP contribution in [0.4, 0.5) is 4.39 Å². The van der Waals surface area contributed by atoms with Crippen LogP contribution in [-0.2, 0) is 0 Å². The average molecular weight is 483 g/mol. The highest BCUT2D eigenvalue weighted by molar-refractivity contribution is 7.98. The lowest BCUT2D eigenvalue weighted by molar-refractivity contribution is 0.0250. The van der Waals surface area contributed by atoms with Crippen molar-refractivity contribution in [2.24, 2.45) is 0 Å². The fourth-order valence-electron chi connectivity index (χ4n) is 3.94. The van der Waals surface area contributed by atoms with E-state index in [-0.39, 0.29) is 41.8 Å². The fourth-order valence-corrected chi connectivity index (χ4v) is 4.52. The van der Waals surface area contributed by atoms with Crippen molar-refractivity contribution in [1.29, 1.82) is 0 Å². The van der Waals surface area contributed by atoms with Gasteiger partial charge in [0, 0.05) is 47.2 Å². The summed E-state index contributed by atoms with van der Waals surface area (Å²) in [4.78, 5) is 39.1. The number of thioether (sulfide) groups is 1. The zero-order valence-electron chi connectivity index (χ0n) is 18.6. The molecule has 2 aromatic heterocycles. The molecule has 0 unspecified atom stereocenters. The highest BCUT2D eigenvalue weighted by Crippen LogP contribution is 2.35. The van der Waals surface area contributed by atoms with Crippen LogP contribution in [0.2, 0.25) is 0 Å². The first kappa shape index (κ1) is 23.8. The van der Waals surface area contributed by atoms with Crippen molar-refractivity contribution in [3.8, 4) is 17.3 Å². The Labute approximate surface area is 200 Å². The summed E-state index contributed by atoms with van der Waals surface area (Å²) < 4.78 is 20.5. The third kappa shape index (κ3) is 4.64. The number of piperidine rings is 1. The van der Waals surface area contributed by atoms with Gasteiger partial charge in [0.1, 0.15) is 11.4 Å². The standard InChI is InChI=1S/C24H23FN4O4S/c1-14-6-8-24(13-29-14,33-22-19(23(31)32)18(34-2)7-11-28-22)20(30)17-12-15(25)4-5-16(17)21-26-9-3-10-27-21/h3-5,7,9-12,14,29H,6,8,13H2,1-2H3,(H,31,32)/t14-,24-/m1/s1. The smallest absolute Gasteiger partial charge is 0.342 e. The van der Waals surface area contributed by atoms with E-state index >= 15 is 0 Å². The van der Waals surface area contributed by atoms with E-state index < -0.39 is 23.2 Å². The highest BCUT2D eigenvalue weighted by atomic mass is 32.2. The predicted molar refractivity (Wildman–Crippen MR) is 125 cm³/mol. The van der Waals surface area contributed by atoms with Crippen molar-refractivity contribution < 1.29 is 23.8 Å². The summed E-state index contributed by atoms with van der Waals surface area (Å²) in [6.45, 7) is 2.08. The number of rotatable bonds is 7. The maximum absolute atomic E-state index is 14.3. The monoisotopic (exact) mass is 482 g/mol. The molecule has 2 N–H and O–H groups in total. The molecule has 10 heteroatoms. The quantitative estimate of drug-likeness (QED) is 0.382. The minimum atomic E-state index is -1.50. The van der Waals surface area contributed by atoms with Crippen LogP contribution in [0.15, 0.2) is 53.8 Å². The number of benzene rings is 1. The first-order valence-electron chi connectivity index (χ1n) is 10.6. The van der Waals surface area contributed by atoms with Gasteiger partial charge in [-0.3, -0.25) is 4.79 Å². The van der Waals surface area contributed by atoms with E-state index in [9.17, 15) is 19.1 Å². The van der Waals surface area contributed by atoms with Crippen LogP contribution in [-0.4, -0.2) is 56.3 Å². The molecular formula is C24H23FN4O4S. The number of aromatic carboxylic acids is 1. The van der Waals surface area contributed by atoms with E-state index in [1.807, 2.05) is 6.92 Å². The minimum absolute atomic E-state index is 0.0560. The Morgan fingerprint density at radius 2 is 1.97 bits per heavy atom. The Bertz CT molecular complexity index is 1220. The lowest BCUT2D eigenvalue weighted by Crippen LogP contribution is -2.58. The van der Waals surface area contributed by atoms with Gasteiger partial charge in [0.15, 0.2) is 11.4 Å². The molecule has 3 heterocycles. The van der Waals surface area contributed by atoms with Crippen molar-refractivity contribution in [3.63, 3.8) is 0 Å². The van der Waals surface area contributed by atoms with E-state index in [2.05, 4.69) is 20.3 Å². The number of carbonyl (C=O) groups excluding carboxylic acids is 1. The maximum atomic E-state index is 14.3. The van der Waals surface area contributed by atoms with Crippen LogP contribution < -0.4 is 10.1 Å². The number of ether oxygens (including phenoxy) is 1. The molecule has 0 bridgehead atoms. The Hall–Kier alpha value is -3.37. The molecule has 1 saturated heterocycles.